The molecule has 2 N–H and O–H groups in total. The first-order valence-corrected chi connectivity index (χ1v) is 9.39. The van der Waals surface area contributed by atoms with Gasteiger partial charge in [-0.05, 0) is 46.7 Å². The molecule has 0 aliphatic rings. The topological polar surface area (TPSA) is 106 Å². The van der Waals surface area contributed by atoms with Gasteiger partial charge >= 0.3 is 0 Å². The largest absolute Gasteiger partial charge is 0.485 e. The van der Waals surface area contributed by atoms with Crippen molar-refractivity contribution < 1.29 is 13.9 Å². The minimum absolute atomic E-state index is 0.239. The maximum atomic E-state index is 12.4. The number of rotatable bonds is 6. The van der Waals surface area contributed by atoms with Crippen LogP contribution in [0, 0.1) is 0 Å². The van der Waals surface area contributed by atoms with E-state index in [4.69, 9.17) is 9.15 Å². The lowest BCUT2D eigenvalue weighted by Gasteiger charge is -2.08. The van der Waals surface area contributed by atoms with Crippen LogP contribution in [0.5, 0.6) is 5.75 Å². The number of hydrogen-bond donors (Lipinski definition) is 2. The standard InChI is InChI=1S/C22H17N5O3/c28-22(20-11-17-3-1-2-4-19(17)30-20)23-12-14-5-6-16-10-18(8-7-15(16)9-14)29-13-21-24-26-27-25-21/h1-11H,12-13H2,(H,23,28)(H,24,25,26,27). The Hall–Kier alpha value is -4.20. The molecule has 0 spiro atoms. The predicted octanol–water partition coefficient (Wildman–Crippen LogP) is 3.61. The van der Waals surface area contributed by atoms with Crippen LogP contribution in [0.4, 0.5) is 0 Å². The van der Waals surface area contributed by atoms with Gasteiger partial charge < -0.3 is 14.5 Å². The van der Waals surface area contributed by atoms with Gasteiger partial charge in [0, 0.05) is 11.9 Å². The van der Waals surface area contributed by atoms with Gasteiger partial charge in [-0.25, -0.2) is 0 Å². The number of benzene rings is 3. The smallest absolute Gasteiger partial charge is 0.287 e. The molecule has 5 rings (SSSR count). The van der Waals surface area contributed by atoms with E-state index in [1.807, 2.05) is 60.7 Å². The third-order valence-corrected chi connectivity index (χ3v) is 4.74. The van der Waals surface area contributed by atoms with Crippen LogP contribution >= 0.6 is 0 Å². The van der Waals surface area contributed by atoms with Crippen molar-refractivity contribution in [1.29, 1.82) is 0 Å². The Bertz CT molecular complexity index is 1290. The molecule has 0 bridgehead atoms. The fourth-order valence-corrected chi connectivity index (χ4v) is 3.23. The molecule has 8 nitrogen and oxygen atoms in total. The number of aromatic nitrogens is 4. The van der Waals surface area contributed by atoms with Gasteiger partial charge in [0.25, 0.3) is 5.91 Å². The Morgan fingerprint density at radius 2 is 1.87 bits per heavy atom. The monoisotopic (exact) mass is 399 g/mol. The number of amides is 1. The van der Waals surface area contributed by atoms with Crippen LogP contribution in [-0.4, -0.2) is 26.5 Å². The fourth-order valence-electron chi connectivity index (χ4n) is 3.23. The maximum absolute atomic E-state index is 12.4. The van der Waals surface area contributed by atoms with Gasteiger partial charge in [-0.3, -0.25) is 4.79 Å². The van der Waals surface area contributed by atoms with E-state index < -0.39 is 0 Å². The normalized spacial score (nSPS) is 11.1. The Morgan fingerprint density at radius 3 is 2.73 bits per heavy atom. The van der Waals surface area contributed by atoms with E-state index in [0.29, 0.717) is 23.7 Å². The summed E-state index contributed by atoms with van der Waals surface area (Å²) in [5.74, 6) is 1.28. The summed E-state index contributed by atoms with van der Waals surface area (Å²) in [5, 5.41) is 19.5. The zero-order chi connectivity index (χ0) is 20.3. The number of hydrogen-bond acceptors (Lipinski definition) is 6. The molecule has 2 heterocycles. The summed E-state index contributed by atoms with van der Waals surface area (Å²) >= 11 is 0. The van der Waals surface area contributed by atoms with Crippen LogP contribution in [0.1, 0.15) is 21.9 Å². The van der Waals surface area contributed by atoms with Crippen molar-refractivity contribution in [2.45, 2.75) is 13.2 Å². The van der Waals surface area contributed by atoms with Gasteiger partial charge in [0.1, 0.15) is 11.3 Å². The lowest BCUT2D eigenvalue weighted by atomic mass is 10.1. The number of fused-ring (bicyclic) bond motifs is 2. The Morgan fingerprint density at radius 1 is 1.00 bits per heavy atom. The third-order valence-electron chi connectivity index (χ3n) is 4.74. The van der Waals surface area contributed by atoms with Crippen molar-refractivity contribution in [3.05, 3.63) is 83.9 Å². The van der Waals surface area contributed by atoms with Gasteiger partial charge in [0.15, 0.2) is 12.4 Å². The summed E-state index contributed by atoms with van der Waals surface area (Å²) in [6.45, 7) is 0.649. The average molecular weight is 399 g/mol. The zero-order valence-electron chi connectivity index (χ0n) is 15.8. The van der Waals surface area contributed by atoms with Crippen LogP contribution in [0.25, 0.3) is 21.7 Å². The second-order valence-corrected chi connectivity index (χ2v) is 6.79. The summed E-state index contributed by atoms with van der Waals surface area (Å²) in [7, 11) is 0. The molecule has 30 heavy (non-hydrogen) atoms. The molecule has 0 aliphatic carbocycles. The first kappa shape index (κ1) is 17.9. The number of para-hydroxylation sites is 1. The van der Waals surface area contributed by atoms with E-state index >= 15 is 0 Å². The highest BCUT2D eigenvalue weighted by Gasteiger charge is 2.12. The van der Waals surface area contributed by atoms with Crippen molar-refractivity contribution in [3.63, 3.8) is 0 Å². The number of carbonyl (C=O) groups excluding carboxylic acids is 1. The molecule has 0 aliphatic heterocycles. The van der Waals surface area contributed by atoms with Crippen LogP contribution in [-0.2, 0) is 13.2 Å². The molecule has 0 unspecified atom stereocenters. The van der Waals surface area contributed by atoms with Gasteiger partial charge in [-0.15, -0.1) is 10.2 Å². The van der Waals surface area contributed by atoms with Crippen molar-refractivity contribution in [3.8, 4) is 5.75 Å². The number of ether oxygens (including phenoxy) is 1. The second kappa shape index (κ2) is 7.67. The highest BCUT2D eigenvalue weighted by molar-refractivity contribution is 5.96. The van der Waals surface area contributed by atoms with E-state index in [2.05, 4.69) is 25.9 Å². The zero-order valence-corrected chi connectivity index (χ0v) is 15.8. The SMILES string of the molecule is O=C(NCc1ccc2cc(OCc3nn[nH]n3)ccc2c1)c1cc2ccccc2o1. The summed E-state index contributed by atoms with van der Waals surface area (Å²) in [6.07, 6.45) is 0. The highest BCUT2D eigenvalue weighted by atomic mass is 16.5. The molecule has 2 aromatic heterocycles. The Kier molecular flexibility index (Phi) is 4.57. The highest BCUT2D eigenvalue weighted by Crippen LogP contribution is 2.23. The first-order valence-electron chi connectivity index (χ1n) is 9.39. The molecule has 148 valence electrons. The Labute approximate surface area is 170 Å². The molecule has 5 aromatic rings. The maximum Gasteiger partial charge on any atom is 0.287 e. The van der Waals surface area contributed by atoms with Crippen molar-refractivity contribution >= 4 is 27.6 Å². The number of tetrazole rings is 1. The molecule has 0 atom stereocenters. The predicted molar refractivity (Wildman–Crippen MR) is 110 cm³/mol. The summed E-state index contributed by atoms with van der Waals surface area (Å²) in [6, 6.07) is 21.1. The van der Waals surface area contributed by atoms with Gasteiger partial charge in [0.2, 0.25) is 5.82 Å². The van der Waals surface area contributed by atoms with E-state index in [9.17, 15) is 4.79 Å². The third kappa shape index (κ3) is 3.70. The summed E-state index contributed by atoms with van der Waals surface area (Å²) in [4.78, 5) is 12.4. The molecular weight excluding hydrogens is 382 g/mol. The molecule has 0 fully saturated rings. The molecular formula is C22H17N5O3. The minimum atomic E-state index is -0.239. The number of aromatic amines is 1. The number of carbonyl (C=O) groups is 1. The van der Waals surface area contributed by atoms with Crippen LogP contribution in [0.3, 0.4) is 0 Å². The van der Waals surface area contributed by atoms with Gasteiger partial charge in [0.05, 0.1) is 0 Å². The summed E-state index contributed by atoms with van der Waals surface area (Å²) in [5.41, 5.74) is 1.69. The molecule has 8 heteroatoms. The molecule has 1 amide bonds. The molecule has 0 saturated carbocycles. The number of nitrogens with one attached hydrogen (secondary N) is 2. The molecule has 0 saturated heterocycles. The van der Waals surface area contributed by atoms with Crippen molar-refractivity contribution in [2.75, 3.05) is 0 Å². The van der Waals surface area contributed by atoms with Crippen LogP contribution in [0.15, 0.2) is 71.1 Å². The average Bonchev–Trinajstić information content (AvgIpc) is 3.45. The molecule has 3 aromatic carbocycles. The van der Waals surface area contributed by atoms with E-state index in [1.165, 1.54) is 0 Å². The van der Waals surface area contributed by atoms with Crippen LogP contribution < -0.4 is 10.1 Å². The number of H-pyrrole nitrogens is 1. The van der Waals surface area contributed by atoms with Gasteiger partial charge in [-0.1, -0.05) is 41.6 Å². The molecule has 0 radical (unpaired) electrons. The van der Waals surface area contributed by atoms with E-state index in [-0.39, 0.29) is 12.5 Å². The van der Waals surface area contributed by atoms with E-state index in [0.717, 1.165) is 27.5 Å². The lowest BCUT2D eigenvalue weighted by molar-refractivity contribution is 0.0925. The first-order chi connectivity index (χ1) is 14.7. The number of nitrogens with zero attached hydrogens (tertiary/aromatic N) is 3. The van der Waals surface area contributed by atoms with Crippen molar-refractivity contribution in [2.24, 2.45) is 0 Å². The number of furan rings is 1. The summed E-state index contributed by atoms with van der Waals surface area (Å²) < 4.78 is 11.3. The van der Waals surface area contributed by atoms with Crippen molar-refractivity contribution in [1.82, 2.24) is 25.9 Å². The van der Waals surface area contributed by atoms with E-state index in [1.54, 1.807) is 6.07 Å². The Balaban J connectivity index is 1.25. The quantitative estimate of drug-likeness (QED) is 0.452. The fraction of sp³-hybridized carbons (Fsp3) is 0.0909. The lowest BCUT2D eigenvalue weighted by Crippen LogP contribution is -2.22. The van der Waals surface area contributed by atoms with Crippen LogP contribution in [0.2, 0.25) is 0 Å². The minimum Gasteiger partial charge on any atom is -0.485 e. The second-order valence-electron chi connectivity index (χ2n) is 6.79. The van der Waals surface area contributed by atoms with Gasteiger partial charge in [-0.2, -0.15) is 5.21 Å².